The Hall–Kier alpha value is -3.25. The molecule has 0 atom stereocenters. The van der Waals surface area contributed by atoms with Crippen LogP contribution in [-0.4, -0.2) is 48.1 Å². The van der Waals surface area contributed by atoms with E-state index in [4.69, 9.17) is 9.47 Å². The Kier molecular flexibility index (Phi) is 7.95. The second-order valence-corrected chi connectivity index (χ2v) is 8.25. The largest absolute Gasteiger partial charge is 0.493 e. The lowest BCUT2D eigenvalue weighted by molar-refractivity contribution is -0.111. The molecule has 0 aliphatic rings. The van der Waals surface area contributed by atoms with E-state index < -0.39 is 0 Å². The molecule has 0 saturated carbocycles. The van der Waals surface area contributed by atoms with Gasteiger partial charge in [-0.05, 0) is 57.5 Å². The predicted octanol–water partition coefficient (Wildman–Crippen LogP) is 5.33. The van der Waals surface area contributed by atoms with Gasteiger partial charge in [0.15, 0.2) is 11.5 Å². The van der Waals surface area contributed by atoms with Gasteiger partial charge in [-0.25, -0.2) is 0 Å². The van der Waals surface area contributed by atoms with Crippen LogP contribution in [0.2, 0.25) is 0 Å². The van der Waals surface area contributed by atoms with Crippen LogP contribution in [0.5, 0.6) is 11.5 Å². The lowest BCUT2D eigenvalue weighted by Crippen LogP contribution is -2.39. The first kappa shape index (κ1) is 23.4. The fourth-order valence-electron chi connectivity index (χ4n) is 3.82. The van der Waals surface area contributed by atoms with E-state index in [1.165, 1.54) is 6.08 Å². The highest BCUT2D eigenvalue weighted by atomic mass is 16.5. The number of aromatic amines is 1. The van der Waals surface area contributed by atoms with E-state index in [9.17, 15) is 4.79 Å². The molecule has 3 rings (SSSR count). The fraction of sp³-hybridized carbons (Fsp3) is 0.346. The number of aromatic nitrogens is 1. The van der Waals surface area contributed by atoms with Crippen LogP contribution < -0.4 is 14.8 Å². The first-order valence-electron chi connectivity index (χ1n) is 11.0. The number of carbonyl (C=O) groups excluding carboxylic acids is 1. The summed E-state index contributed by atoms with van der Waals surface area (Å²) >= 11 is 0. The number of carbonyl (C=O) groups is 1. The molecule has 0 radical (unpaired) electrons. The topological polar surface area (TPSA) is 66.6 Å². The minimum absolute atomic E-state index is 0.211. The summed E-state index contributed by atoms with van der Waals surface area (Å²) in [6.07, 6.45) is 5.23. The van der Waals surface area contributed by atoms with Crippen molar-refractivity contribution in [2.45, 2.75) is 39.8 Å². The van der Waals surface area contributed by atoms with Crippen molar-refractivity contribution in [1.82, 2.24) is 9.88 Å². The minimum atomic E-state index is -0.211. The molecule has 1 aromatic heterocycles. The van der Waals surface area contributed by atoms with Gasteiger partial charge in [0.1, 0.15) is 6.61 Å². The van der Waals surface area contributed by atoms with Gasteiger partial charge in [0, 0.05) is 53.6 Å². The van der Waals surface area contributed by atoms with Crippen molar-refractivity contribution in [3.05, 3.63) is 60.3 Å². The molecule has 0 unspecified atom stereocenters. The van der Waals surface area contributed by atoms with Crippen LogP contribution in [0, 0.1) is 0 Å². The lowest BCUT2D eigenvalue weighted by atomic mass is 10.1. The van der Waals surface area contributed by atoms with Crippen LogP contribution in [0.25, 0.3) is 17.0 Å². The third kappa shape index (κ3) is 5.92. The van der Waals surface area contributed by atoms with Crippen LogP contribution in [-0.2, 0) is 4.79 Å². The van der Waals surface area contributed by atoms with Crippen LogP contribution in [0.1, 0.15) is 33.3 Å². The first-order valence-corrected chi connectivity index (χ1v) is 11.0. The Morgan fingerprint density at radius 3 is 2.56 bits per heavy atom. The molecule has 6 nitrogen and oxygen atoms in total. The maximum Gasteiger partial charge on any atom is 0.248 e. The van der Waals surface area contributed by atoms with Crippen LogP contribution in [0.15, 0.2) is 54.7 Å². The molecule has 0 spiro atoms. The molecule has 0 fully saturated rings. The Morgan fingerprint density at radius 2 is 1.84 bits per heavy atom. The second-order valence-electron chi connectivity index (χ2n) is 8.25. The van der Waals surface area contributed by atoms with E-state index in [1.807, 2.05) is 36.5 Å². The van der Waals surface area contributed by atoms with E-state index in [1.54, 1.807) is 25.3 Å². The highest BCUT2D eigenvalue weighted by molar-refractivity contribution is 6.03. The first-order chi connectivity index (χ1) is 15.4. The number of nitrogens with one attached hydrogen (secondary N) is 2. The summed E-state index contributed by atoms with van der Waals surface area (Å²) < 4.78 is 11.4. The van der Waals surface area contributed by atoms with Gasteiger partial charge >= 0.3 is 0 Å². The molecular formula is C26H33N3O3. The molecule has 1 amide bonds. The van der Waals surface area contributed by atoms with Crippen molar-refractivity contribution < 1.29 is 14.3 Å². The molecule has 0 aliphatic heterocycles. The highest BCUT2D eigenvalue weighted by Crippen LogP contribution is 2.30. The Morgan fingerprint density at radius 1 is 1.09 bits per heavy atom. The van der Waals surface area contributed by atoms with E-state index in [0.717, 1.165) is 23.0 Å². The number of rotatable bonds is 10. The molecule has 0 saturated heterocycles. The van der Waals surface area contributed by atoms with Crippen molar-refractivity contribution in [3.8, 4) is 11.5 Å². The molecule has 2 N–H and O–H groups in total. The molecule has 1 heterocycles. The average molecular weight is 436 g/mol. The van der Waals surface area contributed by atoms with E-state index >= 15 is 0 Å². The fourth-order valence-corrected chi connectivity index (χ4v) is 3.82. The number of anilines is 1. The maximum absolute atomic E-state index is 12.5. The van der Waals surface area contributed by atoms with Gasteiger partial charge in [-0.15, -0.1) is 0 Å². The van der Waals surface area contributed by atoms with Crippen molar-refractivity contribution in [2.75, 3.05) is 25.6 Å². The number of methoxy groups -OCH3 is 1. The summed E-state index contributed by atoms with van der Waals surface area (Å²) in [6, 6.07) is 14.3. The number of ether oxygens (including phenoxy) is 2. The molecule has 170 valence electrons. The zero-order chi connectivity index (χ0) is 23.1. The molecule has 0 bridgehead atoms. The number of amides is 1. The van der Waals surface area contributed by atoms with Crippen LogP contribution in [0.4, 0.5) is 5.69 Å². The molecule has 32 heavy (non-hydrogen) atoms. The molecule has 3 aromatic rings. The summed E-state index contributed by atoms with van der Waals surface area (Å²) in [5.74, 6) is 1.04. The molecular weight excluding hydrogens is 402 g/mol. The van der Waals surface area contributed by atoms with Crippen molar-refractivity contribution in [1.29, 1.82) is 0 Å². The van der Waals surface area contributed by atoms with Gasteiger partial charge in [-0.3, -0.25) is 9.69 Å². The van der Waals surface area contributed by atoms with Crippen LogP contribution in [0.3, 0.4) is 0 Å². The van der Waals surface area contributed by atoms with Crippen molar-refractivity contribution in [2.24, 2.45) is 0 Å². The molecule has 0 aliphatic carbocycles. The summed E-state index contributed by atoms with van der Waals surface area (Å²) in [7, 11) is 1.61. The number of benzene rings is 2. The number of para-hydroxylation sites is 1. The van der Waals surface area contributed by atoms with Gasteiger partial charge in [-0.1, -0.05) is 18.2 Å². The average Bonchev–Trinajstić information content (AvgIpc) is 3.18. The number of fused-ring (bicyclic) bond motifs is 1. The normalized spacial score (nSPS) is 11.8. The Balaban J connectivity index is 1.64. The van der Waals surface area contributed by atoms with E-state index in [2.05, 4.69) is 42.9 Å². The van der Waals surface area contributed by atoms with Gasteiger partial charge < -0.3 is 19.8 Å². The Bertz CT molecular complexity index is 1060. The zero-order valence-corrected chi connectivity index (χ0v) is 19.5. The monoisotopic (exact) mass is 435 g/mol. The maximum atomic E-state index is 12.5. The van der Waals surface area contributed by atoms with E-state index in [-0.39, 0.29) is 5.91 Å². The van der Waals surface area contributed by atoms with Gasteiger partial charge in [0.2, 0.25) is 5.91 Å². The highest BCUT2D eigenvalue weighted by Gasteiger charge is 2.14. The third-order valence-electron chi connectivity index (χ3n) is 5.40. The standard InChI is InChI=1S/C26H33N3O3/c1-18(2)29(19(3)4)14-15-32-25-16-21(11-12-24(25)31-5)28-26(30)13-10-20-17-27-23-9-7-6-8-22(20)23/h6-13,16-19,27H,14-15H2,1-5H3,(H,28,30)/b13-10+. The van der Waals surface area contributed by atoms with Crippen molar-refractivity contribution >= 4 is 28.6 Å². The summed E-state index contributed by atoms with van der Waals surface area (Å²) in [5.41, 5.74) is 2.66. The van der Waals surface area contributed by atoms with Crippen LogP contribution >= 0.6 is 0 Å². The summed E-state index contributed by atoms with van der Waals surface area (Å²) in [4.78, 5) is 18.1. The zero-order valence-electron chi connectivity index (χ0n) is 19.5. The third-order valence-corrected chi connectivity index (χ3v) is 5.40. The predicted molar refractivity (Wildman–Crippen MR) is 131 cm³/mol. The smallest absolute Gasteiger partial charge is 0.248 e. The molecule has 2 aromatic carbocycles. The minimum Gasteiger partial charge on any atom is -0.493 e. The van der Waals surface area contributed by atoms with Gasteiger partial charge in [0.25, 0.3) is 0 Å². The Labute approximate surface area is 190 Å². The van der Waals surface area contributed by atoms with Gasteiger partial charge in [-0.2, -0.15) is 0 Å². The second kappa shape index (κ2) is 10.9. The number of hydrogen-bond donors (Lipinski definition) is 2. The van der Waals surface area contributed by atoms with Gasteiger partial charge in [0.05, 0.1) is 7.11 Å². The molecule has 6 heteroatoms. The lowest BCUT2D eigenvalue weighted by Gasteiger charge is -2.30. The number of nitrogens with zero attached hydrogens (tertiary/aromatic N) is 1. The quantitative estimate of drug-likeness (QED) is 0.423. The van der Waals surface area contributed by atoms with Crippen molar-refractivity contribution in [3.63, 3.8) is 0 Å². The van der Waals surface area contributed by atoms with E-state index in [0.29, 0.717) is 35.9 Å². The number of hydrogen-bond acceptors (Lipinski definition) is 4. The SMILES string of the molecule is COc1ccc(NC(=O)/C=C/c2c[nH]c3ccccc23)cc1OCCN(C(C)C)C(C)C. The number of H-pyrrole nitrogens is 1. The summed E-state index contributed by atoms with van der Waals surface area (Å²) in [5, 5.41) is 3.98. The summed E-state index contributed by atoms with van der Waals surface area (Å²) in [6.45, 7) is 10.1.